The van der Waals surface area contributed by atoms with Crippen molar-refractivity contribution in [3.8, 4) is 0 Å². The molecule has 31 heavy (non-hydrogen) atoms. The molecule has 0 atom stereocenters. The van der Waals surface area contributed by atoms with Crippen LogP contribution in [0.15, 0.2) is 30.6 Å². The first-order valence-electron chi connectivity index (χ1n) is 10.6. The van der Waals surface area contributed by atoms with E-state index in [0.29, 0.717) is 19.6 Å². The molecule has 159 valence electrons. The zero-order valence-electron chi connectivity index (χ0n) is 17.9. The number of nitrogens with zero attached hydrogens (tertiary/aromatic N) is 2. The Morgan fingerprint density at radius 2 is 1.77 bits per heavy atom. The predicted molar refractivity (Wildman–Crippen MR) is 121 cm³/mol. The van der Waals surface area contributed by atoms with Crippen LogP contribution < -0.4 is 10.0 Å². The summed E-state index contributed by atoms with van der Waals surface area (Å²) in [4.78, 5) is 18.7. The number of sulfonamides is 1. The molecule has 2 amide bonds. The van der Waals surface area contributed by atoms with E-state index in [9.17, 15) is 13.2 Å². The van der Waals surface area contributed by atoms with E-state index >= 15 is 0 Å². The van der Waals surface area contributed by atoms with Gasteiger partial charge in [0.15, 0.2) is 0 Å². The Morgan fingerprint density at radius 3 is 2.39 bits per heavy atom. The quantitative estimate of drug-likeness (QED) is 0.659. The molecule has 1 aromatic carbocycles. The molecule has 0 spiro atoms. The van der Waals surface area contributed by atoms with Crippen LogP contribution in [0.4, 0.5) is 10.5 Å². The smallest absolute Gasteiger partial charge is 0.307 e. The van der Waals surface area contributed by atoms with Crippen LogP contribution in [0.2, 0.25) is 0 Å². The van der Waals surface area contributed by atoms with E-state index in [1.54, 1.807) is 12.4 Å². The van der Waals surface area contributed by atoms with E-state index in [2.05, 4.69) is 21.1 Å². The fourth-order valence-corrected chi connectivity index (χ4v) is 6.21. The second-order valence-corrected chi connectivity index (χ2v) is 10.5. The van der Waals surface area contributed by atoms with Gasteiger partial charge in [-0.15, -0.1) is 0 Å². The maximum Gasteiger partial charge on any atom is 0.332 e. The van der Waals surface area contributed by atoms with Crippen LogP contribution in [-0.4, -0.2) is 94.1 Å². The van der Waals surface area contributed by atoms with Gasteiger partial charge in [-0.05, 0) is 72.4 Å². The van der Waals surface area contributed by atoms with Gasteiger partial charge in [0.1, 0.15) is 5.25 Å². The zero-order valence-corrected chi connectivity index (χ0v) is 21.8. The van der Waals surface area contributed by atoms with Gasteiger partial charge in [0, 0.05) is 89.1 Å². The van der Waals surface area contributed by atoms with Crippen LogP contribution in [0.5, 0.6) is 0 Å². The van der Waals surface area contributed by atoms with Crippen LogP contribution in [-0.2, 0) is 42.3 Å². The van der Waals surface area contributed by atoms with Gasteiger partial charge < -0.3 is 5.32 Å². The maximum atomic E-state index is 12.7. The summed E-state index contributed by atoms with van der Waals surface area (Å²) in [6.45, 7) is 1.48. The molecule has 0 unspecified atom stereocenters. The number of urea groups is 1. The van der Waals surface area contributed by atoms with Crippen molar-refractivity contribution in [1.29, 1.82) is 0 Å². The van der Waals surface area contributed by atoms with Crippen molar-refractivity contribution in [1.82, 2.24) is 14.6 Å². The van der Waals surface area contributed by atoms with Crippen LogP contribution >= 0.6 is 0 Å². The maximum absolute atomic E-state index is 12.7. The minimum atomic E-state index is -3.72. The molecular weight excluding hydrogens is 439 g/mol. The number of pyridine rings is 1. The molecule has 0 saturated carbocycles. The molecular formula is C22H26KN4O3S. The summed E-state index contributed by atoms with van der Waals surface area (Å²) in [6.07, 6.45) is 9.62. The zero-order chi connectivity index (χ0) is 20.7. The summed E-state index contributed by atoms with van der Waals surface area (Å²) in [5.74, 6) is 0. The number of carbonyl (C=O) groups is 1. The number of anilines is 1. The van der Waals surface area contributed by atoms with Crippen molar-refractivity contribution in [2.75, 3.05) is 18.4 Å². The normalized spacial score (nSPS) is 17.9. The van der Waals surface area contributed by atoms with Crippen molar-refractivity contribution >= 4 is 73.1 Å². The Balaban J connectivity index is 0.00000231. The monoisotopic (exact) mass is 465 g/mol. The Kier molecular flexibility index (Phi) is 7.22. The number of hydrogen-bond donors (Lipinski definition) is 2. The van der Waals surface area contributed by atoms with Gasteiger partial charge in [0.05, 0.1) is 0 Å². The Hall–Kier alpha value is -0.814. The first-order chi connectivity index (χ1) is 14.5. The molecule has 2 aromatic rings. The molecule has 2 N–H and O–H groups in total. The molecule has 1 aliphatic heterocycles. The summed E-state index contributed by atoms with van der Waals surface area (Å²) in [5.41, 5.74) is 6.89. The number of benzene rings is 1. The van der Waals surface area contributed by atoms with E-state index in [0.717, 1.165) is 49.8 Å². The van der Waals surface area contributed by atoms with Crippen molar-refractivity contribution in [2.24, 2.45) is 0 Å². The number of hydrogen-bond acceptors (Lipinski definition) is 5. The van der Waals surface area contributed by atoms with E-state index in [1.165, 1.54) is 22.3 Å². The van der Waals surface area contributed by atoms with Crippen LogP contribution in [0, 0.1) is 0 Å². The van der Waals surface area contributed by atoms with E-state index < -0.39 is 21.3 Å². The minimum absolute atomic E-state index is 0. The van der Waals surface area contributed by atoms with Crippen molar-refractivity contribution in [3.05, 3.63) is 58.4 Å². The number of carbonyl (C=O) groups excluding carboxylic acids is 1. The standard InChI is InChI=1S/C22H26N4O3S.K/c27-22(24-21-19-7-1-5-16(19)10-17-6-2-8-20(17)21)25-30(28,29)18-13-26(14-18)12-15-4-3-9-23-11-15;/h3-4,9-11,18H,1-2,5-8,12-14H2,(H2,24,25,27);. The number of aryl methyl sites for hydroxylation is 2. The largest absolute Gasteiger partial charge is 0.332 e. The molecule has 1 aromatic heterocycles. The fraction of sp³-hybridized carbons (Fsp3) is 0.455. The van der Waals surface area contributed by atoms with Crippen LogP contribution in [0.3, 0.4) is 0 Å². The van der Waals surface area contributed by atoms with Crippen LogP contribution in [0.25, 0.3) is 0 Å². The molecule has 1 saturated heterocycles. The Bertz CT molecular complexity index is 1050. The number of amides is 2. The van der Waals surface area contributed by atoms with Gasteiger partial charge in [0.2, 0.25) is 10.0 Å². The number of rotatable bonds is 5. The minimum Gasteiger partial charge on any atom is -0.307 e. The first-order valence-corrected chi connectivity index (χ1v) is 12.1. The SMILES string of the molecule is O=C(Nc1c2c(cc3c1CCC3)CCC2)NS(=O)(=O)C1CN(Cc2cccnc2)C1.[K]. The van der Waals surface area contributed by atoms with Gasteiger partial charge in [-0.25, -0.2) is 17.9 Å². The number of nitrogens with one attached hydrogen (secondary N) is 2. The van der Waals surface area contributed by atoms with Gasteiger partial charge in [0.25, 0.3) is 0 Å². The summed E-state index contributed by atoms with van der Waals surface area (Å²) in [6, 6.07) is 5.48. The Labute approximate surface area is 225 Å². The number of likely N-dealkylation sites (tertiary alicyclic amines) is 1. The molecule has 5 rings (SSSR count). The van der Waals surface area contributed by atoms with E-state index in [1.807, 2.05) is 17.0 Å². The summed E-state index contributed by atoms with van der Waals surface area (Å²) >= 11 is 0. The molecule has 1 radical (unpaired) electrons. The third kappa shape index (κ3) is 4.92. The molecule has 3 aliphatic rings. The van der Waals surface area contributed by atoms with E-state index in [4.69, 9.17) is 0 Å². The number of fused-ring (bicyclic) bond motifs is 2. The second kappa shape index (κ2) is 9.58. The van der Waals surface area contributed by atoms with E-state index in [-0.39, 0.29) is 51.4 Å². The van der Waals surface area contributed by atoms with Gasteiger partial charge >= 0.3 is 6.03 Å². The second-order valence-electron chi connectivity index (χ2n) is 8.51. The van der Waals surface area contributed by atoms with Gasteiger partial charge in [-0.3, -0.25) is 9.88 Å². The third-order valence-corrected chi connectivity index (χ3v) is 8.08. The predicted octanol–water partition coefficient (Wildman–Crippen LogP) is 2.01. The van der Waals surface area contributed by atoms with Crippen molar-refractivity contribution < 1.29 is 13.2 Å². The molecule has 1 fully saturated rings. The average Bonchev–Trinajstić information content (AvgIpc) is 3.33. The van der Waals surface area contributed by atoms with Crippen molar-refractivity contribution in [3.63, 3.8) is 0 Å². The average molecular weight is 466 g/mol. The molecule has 7 nitrogen and oxygen atoms in total. The molecule has 0 bridgehead atoms. The molecule has 2 heterocycles. The fourth-order valence-electron chi connectivity index (χ4n) is 4.92. The van der Waals surface area contributed by atoms with Gasteiger partial charge in [-0.1, -0.05) is 12.1 Å². The van der Waals surface area contributed by atoms with Crippen molar-refractivity contribution in [2.45, 2.75) is 50.3 Å². The van der Waals surface area contributed by atoms with Crippen LogP contribution in [0.1, 0.15) is 40.7 Å². The summed E-state index contributed by atoms with van der Waals surface area (Å²) < 4.78 is 27.6. The molecule has 9 heteroatoms. The summed E-state index contributed by atoms with van der Waals surface area (Å²) in [7, 11) is -3.72. The summed E-state index contributed by atoms with van der Waals surface area (Å²) in [5, 5.41) is 2.33. The topological polar surface area (TPSA) is 91.4 Å². The Morgan fingerprint density at radius 1 is 1.10 bits per heavy atom. The van der Waals surface area contributed by atoms with Gasteiger partial charge in [-0.2, -0.15) is 0 Å². The number of aromatic nitrogens is 1. The molecule has 2 aliphatic carbocycles. The first kappa shape index (κ1) is 23.3. The third-order valence-electron chi connectivity index (χ3n) is 6.44.